The maximum atomic E-state index is 13.0. The lowest BCUT2D eigenvalue weighted by atomic mass is 9.89. The minimum Gasteiger partial charge on any atom is -0.399 e. The number of hydrogen-bond donors (Lipinski definition) is 3. The van der Waals surface area contributed by atoms with E-state index in [4.69, 9.17) is 5.73 Å². The third kappa shape index (κ3) is 5.47. The predicted octanol–water partition coefficient (Wildman–Crippen LogP) is 4.38. The van der Waals surface area contributed by atoms with Crippen molar-refractivity contribution in [1.29, 1.82) is 0 Å². The predicted molar refractivity (Wildman–Crippen MR) is 140 cm³/mol. The highest BCUT2D eigenvalue weighted by Gasteiger charge is 2.26. The second kappa shape index (κ2) is 10.1. The average Bonchev–Trinajstić information content (AvgIpc) is 3.27. The number of nitrogens with one attached hydrogen (secondary N) is 2. The summed E-state index contributed by atoms with van der Waals surface area (Å²) in [6, 6.07) is 14.8. The molecule has 1 saturated heterocycles. The van der Waals surface area contributed by atoms with Crippen molar-refractivity contribution in [3.63, 3.8) is 0 Å². The van der Waals surface area contributed by atoms with E-state index in [1.165, 1.54) is 4.88 Å². The van der Waals surface area contributed by atoms with Crippen LogP contribution in [0.5, 0.6) is 0 Å². The first-order chi connectivity index (χ1) is 16.9. The van der Waals surface area contributed by atoms with Gasteiger partial charge in [-0.3, -0.25) is 10.1 Å². The van der Waals surface area contributed by atoms with E-state index in [1.807, 2.05) is 29.2 Å². The number of likely N-dealkylation sites (tertiary alicyclic amines) is 1. The van der Waals surface area contributed by atoms with Crippen LogP contribution in [-0.4, -0.2) is 53.4 Å². The van der Waals surface area contributed by atoms with Crippen molar-refractivity contribution < 1.29 is 9.59 Å². The third-order valence-corrected chi connectivity index (χ3v) is 7.63. The van der Waals surface area contributed by atoms with Crippen LogP contribution < -0.4 is 16.4 Å². The summed E-state index contributed by atoms with van der Waals surface area (Å²) in [5.74, 6) is 0.0245. The van der Waals surface area contributed by atoms with Crippen LogP contribution in [0.1, 0.15) is 45.3 Å². The Morgan fingerprint density at radius 2 is 1.94 bits per heavy atom. The van der Waals surface area contributed by atoms with E-state index < -0.39 is 0 Å². The van der Waals surface area contributed by atoms with Gasteiger partial charge in [0.05, 0.1) is 5.69 Å². The largest absolute Gasteiger partial charge is 0.399 e. The van der Waals surface area contributed by atoms with Gasteiger partial charge >= 0.3 is 6.03 Å². The number of aromatic nitrogens is 1. The van der Waals surface area contributed by atoms with Gasteiger partial charge in [0.1, 0.15) is 0 Å². The first-order valence-electron chi connectivity index (χ1n) is 11.9. The van der Waals surface area contributed by atoms with Gasteiger partial charge in [-0.25, -0.2) is 9.78 Å². The molecule has 0 bridgehead atoms. The van der Waals surface area contributed by atoms with E-state index in [0.717, 1.165) is 49.3 Å². The van der Waals surface area contributed by atoms with Gasteiger partial charge in [-0.15, -0.1) is 11.3 Å². The van der Waals surface area contributed by atoms with Crippen molar-refractivity contribution in [2.45, 2.75) is 31.7 Å². The number of rotatable bonds is 4. The molecule has 2 aliphatic heterocycles. The van der Waals surface area contributed by atoms with Crippen molar-refractivity contribution in [2.24, 2.45) is 0 Å². The molecule has 5 rings (SSSR count). The molecule has 0 spiro atoms. The number of benzene rings is 2. The summed E-state index contributed by atoms with van der Waals surface area (Å²) in [5, 5.41) is 6.59. The lowest BCUT2D eigenvalue weighted by Gasteiger charge is -2.33. The summed E-state index contributed by atoms with van der Waals surface area (Å²) in [7, 11) is 2.10. The molecule has 0 radical (unpaired) electrons. The zero-order chi connectivity index (χ0) is 24.4. The molecule has 182 valence electrons. The number of carbonyl (C=O) groups excluding carboxylic acids is 2. The van der Waals surface area contributed by atoms with Crippen molar-refractivity contribution in [3.05, 3.63) is 70.2 Å². The van der Waals surface area contributed by atoms with Gasteiger partial charge in [0.15, 0.2) is 5.13 Å². The van der Waals surface area contributed by atoms with Crippen LogP contribution in [0.3, 0.4) is 0 Å². The topological polar surface area (TPSA) is 104 Å². The number of nitrogens with two attached hydrogens (primary N) is 1. The van der Waals surface area contributed by atoms with Gasteiger partial charge in [-0.05, 0) is 61.9 Å². The Morgan fingerprint density at radius 3 is 2.77 bits per heavy atom. The minimum atomic E-state index is -0.153. The highest BCUT2D eigenvalue weighted by Crippen LogP contribution is 2.30. The van der Waals surface area contributed by atoms with Gasteiger partial charge < -0.3 is 20.9 Å². The maximum Gasteiger partial charge on any atom is 0.321 e. The molecule has 2 aromatic carbocycles. The number of nitrogens with zero attached hydrogens (tertiary/aromatic N) is 3. The van der Waals surface area contributed by atoms with Gasteiger partial charge in [0.2, 0.25) is 0 Å². The smallest absolute Gasteiger partial charge is 0.321 e. The summed E-state index contributed by atoms with van der Waals surface area (Å²) < 4.78 is 0. The fraction of sp³-hybridized carbons (Fsp3) is 0.346. The zero-order valence-corrected chi connectivity index (χ0v) is 20.6. The molecule has 0 aliphatic carbocycles. The molecule has 1 atom stereocenters. The van der Waals surface area contributed by atoms with Crippen LogP contribution in [0.15, 0.2) is 48.5 Å². The Labute approximate surface area is 209 Å². The van der Waals surface area contributed by atoms with Gasteiger partial charge in [0, 0.05) is 60.3 Å². The second-order valence-corrected chi connectivity index (χ2v) is 10.4. The van der Waals surface area contributed by atoms with Gasteiger partial charge in [-0.1, -0.05) is 12.1 Å². The number of piperidine rings is 1. The molecule has 9 heteroatoms. The number of amides is 3. The summed E-state index contributed by atoms with van der Waals surface area (Å²) in [6.07, 6.45) is 2.80. The average molecular weight is 491 g/mol. The van der Waals surface area contributed by atoms with Crippen LogP contribution >= 0.6 is 11.3 Å². The fourth-order valence-corrected chi connectivity index (χ4v) is 5.77. The quantitative estimate of drug-likeness (QED) is 0.471. The molecule has 4 N–H and O–H groups in total. The highest BCUT2D eigenvalue weighted by atomic mass is 32.1. The number of carbonyl (C=O) groups is 2. The highest BCUT2D eigenvalue weighted by molar-refractivity contribution is 7.15. The lowest BCUT2D eigenvalue weighted by Crippen LogP contribution is -2.41. The Morgan fingerprint density at radius 1 is 1.11 bits per heavy atom. The number of hydrogen-bond acceptors (Lipinski definition) is 6. The second-order valence-electron chi connectivity index (χ2n) is 9.29. The van der Waals surface area contributed by atoms with Crippen LogP contribution in [-0.2, 0) is 13.0 Å². The van der Waals surface area contributed by atoms with Gasteiger partial charge in [0.25, 0.3) is 5.91 Å². The fourth-order valence-electron chi connectivity index (χ4n) is 4.68. The van der Waals surface area contributed by atoms with Crippen LogP contribution in [0.4, 0.5) is 21.3 Å². The van der Waals surface area contributed by atoms with Crippen LogP contribution in [0.2, 0.25) is 0 Å². The van der Waals surface area contributed by atoms with Crippen molar-refractivity contribution >= 4 is 39.8 Å². The molecule has 1 aromatic heterocycles. The SMILES string of the molecule is CN1CCc2nc(NC(=O)c3cccc(C4CCCN(C(=O)Nc5ccc(N)cc5)C4)c3)sc2C1. The molecule has 8 nitrogen and oxygen atoms in total. The van der Waals surface area contributed by atoms with E-state index in [2.05, 4.69) is 27.6 Å². The van der Waals surface area contributed by atoms with E-state index in [-0.39, 0.29) is 17.9 Å². The molecule has 1 unspecified atom stereocenters. The Kier molecular flexibility index (Phi) is 6.70. The van der Waals surface area contributed by atoms with Crippen molar-refractivity contribution in [3.8, 4) is 0 Å². The molecular weight excluding hydrogens is 460 g/mol. The number of anilines is 3. The molecule has 0 saturated carbocycles. The van der Waals surface area contributed by atoms with Crippen LogP contribution in [0, 0.1) is 0 Å². The summed E-state index contributed by atoms with van der Waals surface area (Å²) in [4.78, 5) is 35.8. The molecule has 3 amide bonds. The van der Waals surface area contributed by atoms with Gasteiger partial charge in [-0.2, -0.15) is 0 Å². The zero-order valence-electron chi connectivity index (χ0n) is 19.8. The van der Waals surface area contributed by atoms with E-state index >= 15 is 0 Å². The third-order valence-electron chi connectivity index (χ3n) is 6.63. The molecule has 2 aliphatic rings. The number of nitrogen functional groups attached to an aromatic ring is 1. The summed E-state index contributed by atoms with van der Waals surface area (Å²) >= 11 is 1.56. The first-order valence-corrected chi connectivity index (χ1v) is 12.8. The minimum absolute atomic E-state index is 0.119. The number of fused-ring (bicyclic) bond motifs is 1. The van der Waals surface area contributed by atoms with Crippen LogP contribution in [0.25, 0.3) is 0 Å². The molecule has 3 heterocycles. The maximum absolute atomic E-state index is 13.0. The van der Waals surface area contributed by atoms with E-state index in [9.17, 15) is 9.59 Å². The van der Waals surface area contributed by atoms with E-state index in [1.54, 1.807) is 35.6 Å². The summed E-state index contributed by atoms with van der Waals surface area (Å²) in [6.45, 7) is 3.19. The standard InChI is InChI=1S/C26H30N6O2S/c1-31-13-11-22-23(16-31)35-25(29-22)30-24(33)18-5-2-4-17(14-18)19-6-3-12-32(15-19)26(34)28-21-9-7-20(27)8-10-21/h2,4-5,7-10,14,19H,3,6,11-13,15-16,27H2,1H3,(H,28,34)(H,29,30,33). The number of thiazole rings is 1. The van der Waals surface area contributed by atoms with Crippen molar-refractivity contribution in [2.75, 3.05) is 43.0 Å². The Bertz CT molecular complexity index is 1220. The van der Waals surface area contributed by atoms with Crippen molar-refractivity contribution in [1.82, 2.24) is 14.8 Å². The molecule has 35 heavy (non-hydrogen) atoms. The molecule has 1 fully saturated rings. The number of urea groups is 1. The monoisotopic (exact) mass is 490 g/mol. The summed E-state index contributed by atoms with van der Waals surface area (Å²) in [5.41, 5.74) is 9.89. The first kappa shape index (κ1) is 23.3. The normalized spacial score (nSPS) is 18.1. The number of likely N-dealkylation sites (N-methyl/N-ethyl adjacent to an activating group) is 1. The lowest BCUT2D eigenvalue weighted by molar-refractivity contribution is 0.102. The molecular formula is C26H30N6O2S. The Hall–Kier alpha value is -3.43. The Balaban J connectivity index is 1.23. The molecule has 3 aromatic rings. The van der Waals surface area contributed by atoms with E-state index in [0.29, 0.717) is 29.5 Å².